The quantitative estimate of drug-likeness (QED) is 0.523. The van der Waals surface area contributed by atoms with Crippen LogP contribution in [0.25, 0.3) is 5.65 Å². The molecule has 1 atom stereocenters. The Morgan fingerprint density at radius 2 is 1.93 bits per heavy atom. The molecule has 27 heavy (non-hydrogen) atoms. The van der Waals surface area contributed by atoms with Crippen LogP contribution in [0.3, 0.4) is 0 Å². The number of nitro groups is 1. The fourth-order valence-corrected chi connectivity index (χ4v) is 3.75. The summed E-state index contributed by atoms with van der Waals surface area (Å²) in [4.78, 5) is 30.4. The molecule has 0 spiro atoms. The summed E-state index contributed by atoms with van der Waals surface area (Å²) >= 11 is 0. The van der Waals surface area contributed by atoms with Crippen LogP contribution in [0.2, 0.25) is 0 Å². The summed E-state index contributed by atoms with van der Waals surface area (Å²) in [5.41, 5.74) is 1.56. The second kappa shape index (κ2) is 6.83. The highest BCUT2D eigenvalue weighted by Gasteiger charge is 2.33. The summed E-state index contributed by atoms with van der Waals surface area (Å²) < 4.78 is 1.23. The van der Waals surface area contributed by atoms with Crippen LogP contribution in [0.4, 0.5) is 11.5 Å². The lowest BCUT2D eigenvalue weighted by Crippen LogP contribution is -2.36. The van der Waals surface area contributed by atoms with Gasteiger partial charge in [-0.2, -0.15) is 0 Å². The Bertz CT molecular complexity index is 1060. The van der Waals surface area contributed by atoms with Gasteiger partial charge in [-0.15, -0.1) is 0 Å². The van der Waals surface area contributed by atoms with E-state index in [9.17, 15) is 14.9 Å². The highest BCUT2D eigenvalue weighted by atomic mass is 16.6. The molecule has 0 aliphatic carbocycles. The molecular weight excluding hydrogens is 344 g/mol. The van der Waals surface area contributed by atoms with Crippen molar-refractivity contribution >= 4 is 17.2 Å². The minimum Gasteiger partial charge on any atom is -0.344 e. The molecule has 1 fully saturated rings. The van der Waals surface area contributed by atoms with Crippen LogP contribution < -0.4 is 10.5 Å². The Hall–Kier alpha value is -3.22. The molecule has 1 aliphatic heterocycles. The van der Waals surface area contributed by atoms with Gasteiger partial charge in [-0.05, 0) is 43.9 Å². The number of benzene rings is 1. The molecular formula is C20H20N4O3. The van der Waals surface area contributed by atoms with Gasteiger partial charge in [0, 0.05) is 12.7 Å². The van der Waals surface area contributed by atoms with Crippen molar-refractivity contribution in [1.82, 2.24) is 9.38 Å². The molecule has 1 unspecified atom stereocenters. The molecule has 7 heteroatoms. The average Bonchev–Trinajstić information content (AvgIpc) is 2.68. The molecule has 3 heterocycles. The Labute approximate surface area is 156 Å². The number of fused-ring (bicyclic) bond motifs is 1. The van der Waals surface area contributed by atoms with Gasteiger partial charge in [-0.25, -0.2) is 4.98 Å². The van der Waals surface area contributed by atoms with Gasteiger partial charge in [0.25, 0.3) is 0 Å². The molecule has 0 bridgehead atoms. The fourth-order valence-electron chi connectivity index (χ4n) is 3.75. The Kier molecular flexibility index (Phi) is 4.35. The van der Waals surface area contributed by atoms with E-state index in [1.807, 2.05) is 24.0 Å². The topological polar surface area (TPSA) is 80.8 Å². The van der Waals surface area contributed by atoms with E-state index in [0.29, 0.717) is 12.2 Å². The van der Waals surface area contributed by atoms with E-state index < -0.39 is 16.2 Å². The van der Waals surface area contributed by atoms with Crippen molar-refractivity contribution in [3.63, 3.8) is 0 Å². The maximum absolute atomic E-state index is 12.8. The number of nitrogens with zero attached hydrogens (tertiary/aromatic N) is 4. The van der Waals surface area contributed by atoms with Crippen LogP contribution in [0, 0.1) is 17.0 Å². The number of aryl methyl sites for hydroxylation is 1. The van der Waals surface area contributed by atoms with Crippen molar-refractivity contribution in [2.45, 2.75) is 32.2 Å². The molecule has 0 radical (unpaired) electrons. The van der Waals surface area contributed by atoms with E-state index >= 15 is 0 Å². The van der Waals surface area contributed by atoms with Gasteiger partial charge in [-0.3, -0.25) is 19.3 Å². The third-order valence-electron chi connectivity index (χ3n) is 5.11. The van der Waals surface area contributed by atoms with Crippen LogP contribution in [0.1, 0.15) is 36.4 Å². The summed E-state index contributed by atoms with van der Waals surface area (Å²) in [6.45, 7) is 2.66. The molecule has 0 N–H and O–H groups in total. The van der Waals surface area contributed by atoms with Crippen molar-refractivity contribution in [2.75, 3.05) is 11.4 Å². The normalized spacial score (nSPS) is 17.2. The highest BCUT2D eigenvalue weighted by molar-refractivity contribution is 5.62. The van der Waals surface area contributed by atoms with E-state index in [1.54, 1.807) is 18.2 Å². The molecule has 0 amide bonds. The van der Waals surface area contributed by atoms with Crippen LogP contribution >= 0.6 is 0 Å². The average molecular weight is 364 g/mol. The first-order valence-corrected chi connectivity index (χ1v) is 9.05. The number of piperidine rings is 1. The van der Waals surface area contributed by atoms with Gasteiger partial charge in [-0.1, -0.05) is 35.9 Å². The van der Waals surface area contributed by atoms with Gasteiger partial charge in [0.2, 0.25) is 5.82 Å². The van der Waals surface area contributed by atoms with E-state index in [0.717, 1.165) is 30.4 Å². The molecule has 4 rings (SSSR count). The van der Waals surface area contributed by atoms with Crippen LogP contribution in [0.5, 0.6) is 0 Å². The molecule has 138 valence electrons. The first-order valence-electron chi connectivity index (χ1n) is 9.05. The van der Waals surface area contributed by atoms with E-state index in [1.165, 1.54) is 10.6 Å². The lowest BCUT2D eigenvalue weighted by Gasteiger charge is -2.36. The monoisotopic (exact) mass is 364 g/mol. The minimum atomic E-state index is -0.645. The van der Waals surface area contributed by atoms with Crippen LogP contribution in [0.15, 0.2) is 53.5 Å². The lowest BCUT2D eigenvalue weighted by molar-refractivity contribution is -0.385. The standard InChI is InChI=1S/C20H20N4O3/c1-14-8-10-15(11-9-14)16-6-2-4-12-22(16)19-18(24(26)27)20(25)23-13-5-3-7-17(23)21-19/h3,5,7-11,13,16H,2,4,6,12H2,1H3. The number of aromatic nitrogens is 2. The van der Waals surface area contributed by atoms with Crippen molar-refractivity contribution in [3.8, 4) is 0 Å². The number of rotatable bonds is 3. The van der Waals surface area contributed by atoms with Gasteiger partial charge < -0.3 is 4.90 Å². The molecule has 3 aromatic rings. The summed E-state index contributed by atoms with van der Waals surface area (Å²) in [7, 11) is 0. The summed E-state index contributed by atoms with van der Waals surface area (Å²) in [5.74, 6) is 0.168. The maximum atomic E-state index is 12.8. The zero-order valence-electron chi connectivity index (χ0n) is 15.0. The van der Waals surface area contributed by atoms with Crippen molar-refractivity contribution in [2.24, 2.45) is 0 Å². The summed E-state index contributed by atoms with van der Waals surface area (Å²) in [5, 5.41) is 11.7. The Morgan fingerprint density at radius 1 is 1.15 bits per heavy atom. The van der Waals surface area contributed by atoms with Crippen molar-refractivity contribution in [1.29, 1.82) is 0 Å². The predicted octanol–water partition coefficient (Wildman–Crippen LogP) is 3.64. The van der Waals surface area contributed by atoms with Crippen LogP contribution in [-0.4, -0.2) is 20.9 Å². The zero-order valence-corrected chi connectivity index (χ0v) is 15.0. The maximum Gasteiger partial charge on any atom is 0.376 e. The summed E-state index contributed by atoms with van der Waals surface area (Å²) in [6, 6.07) is 13.3. The predicted molar refractivity (Wildman–Crippen MR) is 103 cm³/mol. The van der Waals surface area contributed by atoms with Crippen molar-refractivity contribution in [3.05, 3.63) is 80.3 Å². The minimum absolute atomic E-state index is 0.0314. The number of hydrogen-bond acceptors (Lipinski definition) is 5. The van der Waals surface area contributed by atoms with Crippen molar-refractivity contribution < 1.29 is 4.92 Å². The van der Waals surface area contributed by atoms with E-state index in [2.05, 4.69) is 17.1 Å². The first kappa shape index (κ1) is 17.2. The number of pyridine rings is 1. The summed E-state index contributed by atoms with van der Waals surface area (Å²) in [6.07, 6.45) is 4.33. The smallest absolute Gasteiger partial charge is 0.344 e. The second-order valence-electron chi connectivity index (χ2n) is 6.89. The lowest BCUT2D eigenvalue weighted by atomic mass is 9.94. The third-order valence-corrected chi connectivity index (χ3v) is 5.11. The largest absolute Gasteiger partial charge is 0.376 e. The molecule has 0 saturated carbocycles. The van der Waals surface area contributed by atoms with E-state index in [-0.39, 0.29) is 11.9 Å². The third kappa shape index (κ3) is 3.05. The SMILES string of the molecule is Cc1ccc(C2CCCCN2c2nc3ccccn3c(=O)c2[N+](=O)[O-])cc1. The molecule has 7 nitrogen and oxygen atoms in total. The molecule has 2 aromatic heterocycles. The highest BCUT2D eigenvalue weighted by Crippen LogP contribution is 2.37. The van der Waals surface area contributed by atoms with Gasteiger partial charge >= 0.3 is 11.2 Å². The van der Waals surface area contributed by atoms with Gasteiger partial charge in [0.15, 0.2) is 0 Å². The van der Waals surface area contributed by atoms with Gasteiger partial charge in [0.1, 0.15) is 5.65 Å². The molecule has 1 saturated heterocycles. The Morgan fingerprint density at radius 3 is 2.67 bits per heavy atom. The van der Waals surface area contributed by atoms with Crippen LogP contribution in [-0.2, 0) is 0 Å². The zero-order chi connectivity index (χ0) is 19.0. The van der Waals surface area contributed by atoms with E-state index in [4.69, 9.17) is 0 Å². The van der Waals surface area contributed by atoms with Gasteiger partial charge in [0.05, 0.1) is 11.0 Å². The first-order chi connectivity index (χ1) is 13.1. The Balaban J connectivity index is 1.90. The molecule has 1 aromatic carbocycles. The molecule has 1 aliphatic rings. The number of anilines is 1. The second-order valence-corrected chi connectivity index (χ2v) is 6.89. The fraction of sp³-hybridized carbons (Fsp3) is 0.300. The number of hydrogen-bond donors (Lipinski definition) is 0.